The third-order valence-corrected chi connectivity index (χ3v) is 3.32. The topological polar surface area (TPSA) is 67.4 Å². The van der Waals surface area contributed by atoms with Crippen molar-refractivity contribution in [3.63, 3.8) is 0 Å². The Morgan fingerprint density at radius 3 is 2.39 bits per heavy atom. The molecule has 2 aromatic rings. The molecule has 2 aromatic carbocycles. The van der Waals surface area contributed by atoms with E-state index in [1.165, 1.54) is 6.08 Å². The van der Waals surface area contributed by atoms with Gasteiger partial charge < -0.3 is 4.74 Å². The minimum absolute atomic E-state index is 0.404. The highest BCUT2D eigenvalue weighted by molar-refractivity contribution is 6.32. The molecule has 2 rings (SSSR count). The Labute approximate surface area is 138 Å². The zero-order valence-electron chi connectivity index (χ0n) is 12.4. The highest BCUT2D eigenvalue weighted by atomic mass is 35.5. The van der Waals surface area contributed by atoms with Gasteiger partial charge in [0.1, 0.15) is 5.75 Å². The first kappa shape index (κ1) is 16.6. The average molecular weight is 331 g/mol. The number of hydrogen-bond acceptors (Lipinski definition) is 3. The highest BCUT2D eigenvalue weighted by Gasteiger charge is 2.06. The van der Waals surface area contributed by atoms with Crippen LogP contribution in [0.5, 0.6) is 5.75 Å². The molecular formula is C17H15ClN2O3. The molecule has 0 atom stereocenters. The Hall–Kier alpha value is -2.79. The van der Waals surface area contributed by atoms with E-state index in [0.29, 0.717) is 21.9 Å². The maximum absolute atomic E-state index is 11.9. The summed E-state index contributed by atoms with van der Waals surface area (Å²) in [6.45, 7) is 0. The van der Waals surface area contributed by atoms with Crippen LogP contribution in [0.2, 0.25) is 5.02 Å². The van der Waals surface area contributed by atoms with Crippen LogP contribution in [0.3, 0.4) is 0 Å². The SMILES string of the molecule is COc1ccc(C(=O)NNC(=O)C=Cc2ccccc2Cl)cc1. The zero-order chi connectivity index (χ0) is 16.7. The van der Waals surface area contributed by atoms with Crippen LogP contribution in [-0.2, 0) is 4.79 Å². The number of carbonyl (C=O) groups is 2. The summed E-state index contributed by atoms with van der Waals surface area (Å²) < 4.78 is 5.01. The van der Waals surface area contributed by atoms with Crippen molar-refractivity contribution < 1.29 is 14.3 Å². The lowest BCUT2D eigenvalue weighted by molar-refractivity contribution is -0.117. The maximum Gasteiger partial charge on any atom is 0.269 e. The molecule has 2 amide bonds. The number of ether oxygens (including phenoxy) is 1. The van der Waals surface area contributed by atoms with E-state index in [9.17, 15) is 9.59 Å². The van der Waals surface area contributed by atoms with Crippen molar-refractivity contribution >= 4 is 29.5 Å². The number of benzene rings is 2. The van der Waals surface area contributed by atoms with Crippen molar-refractivity contribution in [2.75, 3.05) is 7.11 Å². The van der Waals surface area contributed by atoms with E-state index in [2.05, 4.69) is 10.9 Å². The van der Waals surface area contributed by atoms with Crippen molar-refractivity contribution in [1.82, 2.24) is 10.9 Å². The molecular weight excluding hydrogens is 316 g/mol. The molecule has 0 aliphatic rings. The molecule has 0 aliphatic heterocycles. The van der Waals surface area contributed by atoms with Gasteiger partial charge in [0.2, 0.25) is 0 Å². The summed E-state index contributed by atoms with van der Waals surface area (Å²) in [5, 5.41) is 0.541. The number of methoxy groups -OCH3 is 1. The summed E-state index contributed by atoms with van der Waals surface area (Å²) in [6, 6.07) is 13.6. The van der Waals surface area contributed by atoms with E-state index in [-0.39, 0.29) is 0 Å². The molecule has 23 heavy (non-hydrogen) atoms. The number of nitrogens with one attached hydrogen (secondary N) is 2. The predicted octanol–water partition coefficient (Wildman–Crippen LogP) is 2.82. The van der Waals surface area contributed by atoms with E-state index in [1.807, 2.05) is 6.07 Å². The van der Waals surface area contributed by atoms with Gasteiger partial charge in [-0.2, -0.15) is 0 Å². The molecule has 118 valence electrons. The van der Waals surface area contributed by atoms with Crippen molar-refractivity contribution in [2.45, 2.75) is 0 Å². The van der Waals surface area contributed by atoms with Crippen LogP contribution in [-0.4, -0.2) is 18.9 Å². The summed E-state index contributed by atoms with van der Waals surface area (Å²) >= 11 is 5.98. The summed E-state index contributed by atoms with van der Waals surface area (Å²) in [7, 11) is 1.54. The van der Waals surface area contributed by atoms with Crippen LogP contribution in [0.25, 0.3) is 6.08 Å². The molecule has 0 aliphatic carbocycles. The van der Waals surface area contributed by atoms with Crippen LogP contribution in [0.1, 0.15) is 15.9 Å². The van der Waals surface area contributed by atoms with Gasteiger partial charge in [-0.3, -0.25) is 20.4 Å². The smallest absolute Gasteiger partial charge is 0.269 e. The van der Waals surface area contributed by atoms with E-state index >= 15 is 0 Å². The van der Waals surface area contributed by atoms with Crippen molar-refractivity contribution in [2.24, 2.45) is 0 Å². The number of hydrazine groups is 1. The van der Waals surface area contributed by atoms with Gasteiger partial charge in [-0.25, -0.2) is 0 Å². The summed E-state index contributed by atoms with van der Waals surface area (Å²) in [4.78, 5) is 23.6. The van der Waals surface area contributed by atoms with Crippen molar-refractivity contribution in [3.05, 3.63) is 70.8 Å². The number of hydrogen-bond donors (Lipinski definition) is 2. The molecule has 5 nitrogen and oxygen atoms in total. The lowest BCUT2D eigenvalue weighted by Crippen LogP contribution is -2.40. The number of halogens is 1. The van der Waals surface area contributed by atoms with Crippen LogP contribution >= 0.6 is 11.6 Å². The third-order valence-electron chi connectivity index (χ3n) is 2.97. The molecule has 0 spiro atoms. The first-order chi connectivity index (χ1) is 11.1. The van der Waals surface area contributed by atoms with E-state index in [1.54, 1.807) is 55.7 Å². The second-order valence-corrected chi connectivity index (χ2v) is 4.93. The first-order valence-electron chi connectivity index (χ1n) is 6.77. The molecule has 0 heterocycles. The summed E-state index contributed by atoms with van der Waals surface area (Å²) in [5.74, 6) is -0.243. The molecule has 0 fully saturated rings. The highest BCUT2D eigenvalue weighted by Crippen LogP contribution is 2.16. The second-order valence-electron chi connectivity index (χ2n) is 4.53. The van der Waals surface area contributed by atoms with Gasteiger partial charge >= 0.3 is 0 Å². The average Bonchev–Trinajstić information content (AvgIpc) is 2.59. The quantitative estimate of drug-likeness (QED) is 0.669. The molecule has 0 aromatic heterocycles. The van der Waals surface area contributed by atoms with Gasteiger partial charge in [0, 0.05) is 16.7 Å². The Morgan fingerprint density at radius 1 is 1.04 bits per heavy atom. The van der Waals surface area contributed by atoms with Gasteiger partial charge in [0.05, 0.1) is 7.11 Å². The third kappa shape index (κ3) is 4.86. The minimum Gasteiger partial charge on any atom is -0.497 e. The van der Waals surface area contributed by atoms with E-state index < -0.39 is 11.8 Å². The second kappa shape index (κ2) is 8.00. The maximum atomic E-state index is 11.9. The molecule has 6 heteroatoms. The predicted molar refractivity (Wildman–Crippen MR) is 89.1 cm³/mol. The van der Waals surface area contributed by atoms with E-state index in [4.69, 9.17) is 16.3 Å². The summed E-state index contributed by atoms with van der Waals surface area (Å²) in [5.41, 5.74) is 5.74. The van der Waals surface area contributed by atoms with Crippen LogP contribution < -0.4 is 15.6 Å². The first-order valence-corrected chi connectivity index (χ1v) is 7.15. The number of rotatable bonds is 4. The fourth-order valence-corrected chi connectivity index (χ4v) is 1.95. The lowest BCUT2D eigenvalue weighted by Gasteiger charge is -2.06. The Balaban J connectivity index is 1.88. The normalized spacial score (nSPS) is 10.3. The van der Waals surface area contributed by atoms with Crippen LogP contribution in [0, 0.1) is 0 Å². The fourth-order valence-electron chi connectivity index (χ4n) is 1.75. The molecule has 0 saturated carbocycles. The van der Waals surface area contributed by atoms with Crippen LogP contribution in [0.4, 0.5) is 0 Å². The van der Waals surface area contributed by atoms with Crippen LogP contribution in [0.15, 0.2) is 54.6 Å². The number of carbonyl (C=O) groups excluding carboxylic acids is 2. The van der Waals surface area contributed by atoms with Crippen molar-refractivity contribution in [3.8, 4) is 5.75 Å². The molecule has 0 unspecified atom stereocenters. The molecule has 0 radical (unpaired) electrons. The molecule has 0 bridgehead atoms. The van der Waals surface area contributed by atoms with Gasteiger partial charge in [-0.15, -0.1) is 0 Å². The Morgan fingerprint density at radius 2 is 1.74 bits per heavy atom. The lowest BCUT2D eigenvalue weighted by atomic mass is 10.2. The van der Waals surface area contributed by atoms with Gasteiger partial charge in [-0.1, -0.05) is 29.8 Å². The summed E-state index contributed by atoms with van der Waals surface area (Å²) in [6.07, 6.45) is 2.85. The van der Waals surface area contributed by atoms with Gasteiger partial charge in [-0.05, 0) is 42.0 Å². The van der Waals surface area contributed by atoms with Gasteiger partial charge in [0.15, 0.2) is 0 Å². The Bertz CT molecular complexity index is 727. The molecule has 0 saturated heterocycles. The Kier molecular flexibility index (Phi) is 5.77. The van der Waals surface area contributed by atoms with E-state index in [0.717, 1.165) is 0 Å². The monoisotopic (exact) mass is 330 g/mol. The standard InChI is InChI=1S/C17H15ClN2O3/c1-23-14-9-6-13(7-10-14)17(22)20-19-16(21)11-8-12-4-2-3-5-15(12)18/h2-11H,1H3,(H,19,21)(H,20,22). The fraction of sp³-hybridized carbons (Fsp3) is 0.0588. The van der Waals surface area contributed by atoms with Gasteiger partial charge in [0.25, 0.3) is 11.8 Å². The van der Waals surface area contributed by atoms with Crippen molar-refractivity contribution in [1.29, 1.82) is 0 Å². The number of amides is 2. The molecule has 2 N–H and O–H groups in total. The zero-order valence-corrected chi connectivity index (χ0v) is 13.1. The minimum atomic E-state index is -0.466. The largest absolute Gasteiger partial charge is 0.497 e.